The van der Waals surface area contributed by atoms with Crippen LogP contribution in [0.15, 0.2) is 36.4 Å². The van der Waals surface area contributed by atoms with Crippen molar-refractivity contribution >= 4 is 0 Å². The molecular formula is C21H20O6. The Morgan fingerprint density at radius 1 is 0.815 bits per heavy atom. The lowest BCUT2D eigenvalue weighted by Gasteiger charge is -2.29. The molecular weight excluding hydrogens is 348 g/mol. The summed E-state index contributed by atoms with van der Waals surface area (Å²) in [6, 6.07) is 12.1. The van der Waals surface area contributed by atoms with Gasteiger partial charge in [-0.15, -0.1) is 0 Å². The molecule has 0 bridgehead atoms. The van der Waals surface area contributed by atoms with E-state index in [1.54, 1.807) is 0 Å². The number of ether oxygens (including phenoxy) is 6. The molecule has 4 heterocycles. The summed E-state index contributed by atoms with van der Waals surface area (Å²) in [6.07, 6.45) is 0.000311. The molecule has 4 aliphatic rings. The maximum Gasteiger partial charge on any atom is 0.231 e. The van der Waals surface area contributed by atoms with Crippen molar-refractivity contribution in [1.29, 1.82) is 0 Å². The predicted octanol–water partition coefficient (Wildman–Crippen LogP) is 3.39. The molecule has 4 aliphatic heterocycles. The molecule has 0 aliphatic carbocycles. The highest BCUT2D eigenvalue weighted by Gasteiger charge is 2.55. The minimum atomic E-state index is -0.406. The first kappa shape index (κ1) is 15.6. The lowest BCUT2D eigenvalue weighted by atomic mass is 9.77. The molecule has 2 saturated heterocycles. The van der Waals surface area contributed by atoms with Crippen molar-refractivity contribution in [2.75, 3.05) is 26.8 Å². The molecule has 0 spiro atoms. The van der Waals surface area contributed by atoms with E-state index >= 15 is 0 Å². The van der Waals surface area contributed by atoms with E-state index in [2.05, 4.69) is 19.1 Å². The summed E-state index contributed by atoms with van der Waals surface area (Å²) in [7, 11) is 0. The van der Waals surface area contributed by atoms with E-state index in [9.17, 15) is 0 Å². The molecule has 2 aromatic rings. The van der Waals surface area contributed by atoms with Gasteiger partial charge in [-0.25, -0.2) is 0 Å². The molecule has 27 heavy (non-hydrogen) atoms. The topological polar surface area (TPSA) is 55.4 Å². The van der Waals surface area contributed by atoms with Crippen LogP contribution in [0.2, 0.25) is 0 Å². The molecule has 0 unspecified atom stereocenters. The maximum absolute atomic E-state index is 6.37. The van der Waals surface area contributed by atoms with Gasteiger partial charge >= 0.3 is 0 Å². The Kier molecular flexibility index (Phi) is 3.20. The summed E-state index contributed by atoms with van der Waals surface area (Å²) in [5.41, 5.74) is 1.82. The summed E-state index contributed by atoms with van der Waals surface area (Å²) in [5, 5.41) is 0. The second-order valence-corrected chi connectivity index (χ2v) is 7.62. The minimum Gasteiger partial charge on any atom is -0.454 e. The van der Waals surface area contributed by atoms with Crippen molar-refractivity contribution in [3.05, 3.63) is 47.5 Å². The van der Waals surface area contributed by atoms with Crippen LogP contribution in [0.3, 0.4) is 0 Å². The molecule has 6 heteroatoms. The largest absolute Gasteiger partial charge is 0.454 e. The Morgan fingerprint density at radius 3 is 2.33 bits per heavy atom. The monoisotopic (exact) mass is 368 g/mol. The summed E-state index contributed by atoms with van der Waals surface area (Å²) >= 11 is 0. The average molecular weight is 368 g/mol. The fourth-order valence-corrected chi connectivity index (χ4v) is 4.75. The van der Waals surface area contributed by atoms with Gasteiger partial charge in [-0.05, 0) is 42.3 Å². The molecule has 4 atom stereocenters. The number of hydrogen-bond donors (Lipinski definition) is 0. The van der Waals surface area contributed by atoms with Crippen LogP contribution >= 0.6 is 0 Å². The van der Waals surface area contributed by atoms with E-state index in [0.717, 1.165) is 34.1 Å². The van der Waals surface area contributed by atoms with Crippen LogP contribution in [0.25, 0.3) is 0 Å². The molecule has 6 nitrogen and oxygen atoms in total. The zero-order valence-electron chi connectivity index (χ0n) is 15.0. The normalized spacial score (nSPS) is 32.7. The summed E-state index contributed by atoms with van der Waals surface area (Å²) in [6.45, 7) is 4.03. The average Bonchev–Trinajstić information content (AvgIpc) is 3.46. The van der Waals surface area contributed by atoms with E-state index in [1.807, 2.05) is 24.3 Å². The Bertz CT molecular complexity index is 912. The van der Waals surface area contributed by atoms with Crippen LogP contribution in [-0.4, -0.2) is 26.8 Å². The Labute approximate surface area is 156 Å². The number of benzene rings is 2. The van der Waals surface area contributed by atoms with Crippen molar-refractivity contribution in [3.8, 4) is 23.0 Å². The SMILES string of the molecule is C[C@@]1(c2ccc3c(c2)OCO3)OC[C@H]2[C@H](c3ccc4c(c3)OCO4)OC[C@@H]21. The molecule has 0 radical (unpaired) electrons. The van der Waals surface area contributed by atoms with Crippen LogP contribution in [0.1, 0.15) is 24.2 Å². The van der Waals surface area contributed by atoms with Gasteiger partial charge in [-0.1, -0.05) is 12.1 Å². The smallest absolute Gasteiger partial charge is 0.231 e. The highest BCUT2D eigenvalue weighted by molar-refractivity contribution is 5.47. The molecule has 0 amide bonds. The summed E-state index contributed by atoms with van der Waals surface area (Å²) in [5.74, 6) is 3.72. The first-order valence-electron chi connectivity index (χ1n) is 9.27. The van der Waals surface area contributed by atoms with Crippen molar-refractivity contribution in [3.63, 3.8) is 0 Å². The maximum atomic E-state index is 6.37. The van der Waals surface area contributed by atoms with Crippen LogP contribution in [-0.2, 0) is 15.1 Å². The molecule has 140 valence electrons. The molecule has 0 saturated carbocycles. The third-order valence-electron chi connectivity index (χ3n) is 6.32. The zero-order chi connectivity index (χ0) is 18.0. The molecule has 2 fully saturated rings. The Morgan fingerprint density at radius 2 is 1.52 bits per heavy atom. The van der Waals surface area contributed by atoms with Gasteiger partial charge in [0.2, 0.25) is 13.6 Å². The van der Waals surface area contributed by atoms with Gasteiger partial charge in [-0.3, -0.25) is 0 Å². The zero-order valence-corrected chi connectivity index (χ0v) is 15.0. The predicted molar refractivity (Wildman–Crippen MR) is 94.1 cm³/mol. The molecule has 0 aromatic heterocycles. The van der Waals surface area contributed by atoms with Crippen molar-refractivity contribution in [2.45, 2.75) is 18.6 Å². The fourth-order valence-electron chi connectivity index (χ4n) is 4.75. The molecule has 2 aromatic carbocycles. The van der Waals surface area contributed by atoms with E-state index in [0.29, 0.717) is 19.1 Å². The molecule has 0 N–H and O–H groups in total. The Balaban J connectivity index is 1.31. The first-order chi connectivity index (χ1) is 13.2. The van der Waals surface area contributed by atoms with Gasteiger partial charge in [0.05, 0.1) is 24.9 Å². The number of hydrogen-bond acceptors (Lipinski definition) is 6. The van der Waals surface area contributed by atoms with Crippen LogP contribution in [0.5, 0.6) is 23.0 Å². The van der Waals surface area contributed by atoms with E-state index < -0.39 is 5.60 Å². The van der Waals surface area contributed by atoms with Crippen molar-refractivity contribution in [1.82, 2.24) is 0 Å². The second kappa shape index (κ2) is 5.53. The van der Waals surface area contributed by atoms with Crippen LogP contribution in [0.4, 0.5) is 0 Å². The van der Waals surface area contributed by atoms with Gasteiger partial charge in [-0.2, -0.15) is 0 Å². The van der Waals surface area contributed by atoms with Gasteiger partial charge in [0.15, 0.2) is 23.0 Å². The highest BCUT2D eigenvalue weighted by Crippen LogP contribution is 2.54. The molecule has 6 rings (SSSR count). The second-order valence-electron chi connectivity index (χ2n) is 7.62. The third kappa shape index (κ3) is 2.20. The van der Waals surface area contributed by atoms with Crippen molar-refractivity contribution < 1.29 is 28.4 Å². The number of rotatable bonds is 2. The van der Waals surface area contributed by atoms with Crippen molar-refractivity contribution in [2.24, 2.45) is 11.8 Å². The minimum absolute atomic E-state index is 0.000311. The van der Waals surface area contributed by atoms with Gasteiger partial charge in [0.25, 0.3) is 0 Å². The van der Waals surface area contributed by atoms with Crippen LogP contribution in [0, 0.1) is 11.8 Å². The summed E-state index contributed by atoms with van der Waals surface area (Å²) < 4.78 is 34.5. The lowest BCUT2D eigenvalue weighted by molar-refractivity contribution is -0.0413. The standard InChI is InChI=1S/C21H20O6/c1-21(13-3-5-17-19(7-13)26-11-24-17)15-9-22-20(14(15)8-27-21)12-2-4-16-18(6-12)25-10-23-16/h2-7,14-15,20H,8-11H2,1H3/t14-,15+,20+,21+/m1/s1. The Hall–Kier alpha value is -2.44. The van der Waals surface area contributed by atoms with Gasteiger partial charge in [0.1, 0.15) is 0 Å². The van der Waals surface area contributed by atoms with Gasteiger partial charge in [0, 0.05) is 11.8 Å². The summed E-state index contributed by atoms with van der Waals surface area (Å²) in [4.78, 5) is 0. The lowest BCUT2D eigenvalue weighted by Crippen LogP contribution is -2.31. The van der Waals surface area contributed by atoms with Gasteiger partial charge < -0.3 is 28.4 Å². The quantitative estimate of drug-likeness (QED) is 0.810. The highest BCUT2D eigenvalue weighted by atomic mass is 16.7. The van der Waals surface area contributed by atoms with Crippen LogP contribution < -0.4 is 18.9 Å². The fraction of sp³-hybridized carbons (Fsp3) is 0.429. The van der Waals surface area contributed by atoms with E-state index in [-0.39, 0.29) is 25.6 Å². The van der Waals surface area contributed by atoms with E-state index in [4.69, 9.17) is 28.4 Å². The third-order valence-corrected chi connectivity index (χ3v) is 6.32. The van der Waals surface area contributed by atoms with E-state index in [1.165, 1.54) is 0 Å². The first-order valence-corrected chi connectivity index (χ1v) is 9.27. The number of fused-ring (bicyclic) bond motifs is 3.